The summed E-state index contributed by atoms with van der Waals surface area (Å²) in [4.78, 5) is 21.9. The minimum Gasteiger partial charge on any atom is -0.424 e. The van der Waals surface area contributed by atoms with Crippen molar-refractivity contribution >= 4 is 33.7 Å². The van der Waals surface area contributed by atoms with Gasteiger partial charge in [0, 0.05) is 25.6 Å². The fourth-order valence-electron chi connectivity index (χ4n) is 3.89. The van der Waals surface area contributed by atoms with Crippen LogP contribution in [0.5, 0.6) is 5.75 Å². The number of hydrogen-bond donors (Lipinski definition) is 0. The first-order valence-corrected chi connectivity index (χ1v) is 10.3. The number of carbonyl (C=O) groups excluding carboxylic acids is 1. The molecule has 0 unspecified atom stereocenters. The second-order valence-corrected chi connectivity index (χ2v) is 7.42. The molecule has 7 heteroatoms. The number of imidazole rings is 1. The van der Waals surface area contributed by atoms with Gasteiger partial charge in [-0.1, -0.05) is 38.1 Å². The van der Waals surface area contributed by atoms with Crippen molar-refractivity contribution in [3.8, 4) is 5.75 Å². The summed E-state index contributed by atoms with van der Waals surface area (Å²) in [6.45, 7) is 4.27. The molecule has 31 heavy (non-hydrogen) atoms. The van der Waals surface area contributed by atoms with E-state index >= 15 is 0 Å². The van der Waals surface area contributed by atoms with Crippen molar-refractivity contribution in [1.82, 2.24) is 18.9 Å². The van der Waals surface area contributed by atoms with Gasteiger partial charge in [0.05, 0.1) is 11.0 Å². The van der Waals surface area contributed by atoms with Crippen LogP contribution in [0.2, 0.25) is 0 Å². The Hall–Kier alpha value is -3.74. The molecule has 0 aliphatic carbocycles. The number of fused-ring (bicyclic) bond motifs is 5. The highest BCUT2D eigenvalue weighted by Crippen LogP contribution is 2.34. The second-order valence-electron chi connectivity index (χ2n) is 7.42. The van der Waals surface area contributed by atoms with Crippen LogP contribution < -0.4 is 4.74 Å². The van der Waals surface area contributed by atoms with Crippen LogP contribution in [0, 0.1) is 5.82 Å². The third-order valence-corrected chi connectivity index (χ3v) is 5.39. The SMILES string of the molecule is CCC(=O)Oc1cn(Cc2ccc(F)cc2)c2nc(CC)n3c4ccccc4nc3c12. The lowest BCUT2D eigenvalue weighted by molar-refractivity contribution is -0.133. The third kappa shape index (κ3) is 3.22. The molecular weight excluding hydrogens is 395 g/mol. The number of carbonyl (C=O) groups is 1. The molecule has 0 bridgehead atoms. The zero-order chi connectivity index (χ0) is 21.5. The maximum absolute atomic E-state index is 13.4. The van der Waals surface area contributed by atoms with Gasteiger partial charge in [-0.2, -0.15) is 0 Å². The molecule has 5 rings (SSSR count). The number of para-hydroxylation sites is 2. The van der Waals surface area contributed by atoms with Crippen molar-refractivity contribution in [2.45, 2.75) is 33.2 Å². The van der Waals surface area contributed by atoms with Gasteiger partial charge in [-0.3, -0.25) is 9.20 Å². The number of aromatic nitrogens is 4. The number of nitrogens with zero attached hydrogens (tertiary/aromatic N) is 4. The molecule has 0 N–H and O–H groups in total. The summed E-state index contributed by atoms with van der Waals surface area (Å²) in [7, 11) is 0. The van der Waals surface area contributed by atoms with E-state index in [2.05, 4.69) is 0 Å². The van der Waals surface area contributed by atoms with Gasteiger partial charge in [-0.05, 0) is 29.8 Å². The van der Waals surface area contributed by atoms with E-state index < -0.39 is 0 Å². The highest BCUT2D eigenvalue weighted by Gasteiger charge is 2.21. The number of aryl methyl sites for hydroxylation is 1. The summed E-state index contributed by atoms with van der Waals surface area (Å²) < 4.78 is 23.0. The highest BCUT2D eigenvalue weighted by atomic mass is 19.1. The van der Waals surface area contributed by atoms with Gasteiger partial charge in [0.1, 0.15) is 22.7 Å². The van der Waals surface area contributed by atoms with Gasteiger partial charge in [0.2, 0.25) is 0 Å². The minimum absolute atomic E-state index is 0.262. The molecule has 0 saturated heterocycles. The highest BCUT2D eigenvalue weighted by molar-refractivity contribution is 6.01. The minimum atomic E-state index is -0.324. The van der Waals surface area contributed by atoms with Crippen molar-refractivity contribution in [3.63, 3.8) is 0 Å². The van der Waals surface area contributed by atoms with E-state index in [9.17, 15) is 9.18 Å². The van der Waals surface area contributed by atoms with Gasteiger partial charge in [0.15, 0.2) is 11.4 Å². The molecule has 0 aliphatic rings. The van der Waals surface area contributed by atoms with Crippen LogP contribution in [0.25, 0.3) is 27.7 Å². The van der Waals surface area contributed by atoms with Crippen LogP contribution in [0.15, 0.2) is 54.7 Å². The van der Waals surface area contributed by atoms with Gasteiger partial charge in [-0.15, -0.1) is 0 Å². The Labute approximate surface area is 177 Å². The van der Waals surface area contributed by atoms with Crippen LogP contribution in [0.1, 0.15) is 31.7 Å². The topological polar surface area (TPSA) is 61.4 Å². The Morgan fingerprint density at radius 2 is 1.81 bits per heavy atom. The number of rotatable bonds is 5. The van der Waals surface area contributed by atoms with Crippen LogP contribution in [0.4, 0.5) is 4.39 Å². The lowest BCUT2D eigenvalue weighted by atomic mass is 10.2. The fourth-order valence-corrected chi connectivity index (χ4v) is 3.89. The van der Waals surface area contributed by atoms with Gasteiger partial charge < -0.3 is 9.30 Å². The lowest BCUT2D eigenvalue weighted by Gasteiger charge is -2.08. The lowest BCUT2D eigenvalue weighted by Crippen LogP contribution is -2.06. The van der Waals surface area contributed by atoms with Crippen molar-refractivity contribution in [2.75, 3.05) is 0 Å². The predicted molar refractivity (Wildman–Crippen MR) is 117 cm³/mol. The number of halogens is 1. The zero-order valence-electron chi connectivity index (χ0n) is 17.3. The summed E-state index contributed by atoms with van der Waals surface area (Å²) in [5.41, 5.74) is 4.12. The maximum atomic E-state index is 13.4. The smallest absolute Gasteiger partial charge is 0.310 e. The molecule has 0 atom stereocenters. The molecule has 0 aliphatic heterocycles. The molecular formula is C24H21FN4O2. The molecule has 6 nitrogen and oxygen atoms in total. The Morgan fingerprint density at radius 1 is 1.03 bits per heavy atom. The summed E-state index contributed by atoms with van der Waals surface area (Å²) in [5, 5.41) is 0.692. The number of ether oxygens (including phenoxy) is 1. The first kappa shape index (κ1) is 19.2. The maximum Gasteiger partial charge on any atom is 0.310 e. The van der Waals surface area contributed by atoms with Gasteiger partial charge in [-0.25, -0.2) is 14.4 Å². The second kappa shape index (κ2) is 7.50. The van der Waals surface area contributed by atoms with Crippen LogP contribution >= 0.6 is 0 Å². The Kier molecular flexibility index (Phi) is 4.66. The molecule has 0 fully saturated rings. The number of benzene rings is 2. The summed E-state index contributed by atoms with van der Waals surface area (Å²) in [6, 6.07) is 14.2. The van der Waals surface area contributed by atoms with Crippen molar-refractivity contribution < 1.29 is 13.9 Å². The standard InChI is InChI=1S/C24H21FN4O2/c1-3-20-27-23-22(24-26-17-7-5-6-8-18(17)29(20)24)19(31-21(30)4-2)14-28(23)13-15-9-11-16(25)12-10-15/h5-12,14H,3-4,13H2,1-2H3. The van der Waals surface area contributed by atoms with E-state index in [1.165, 1.54) is 12.1 Å². The van der Waals surface area contributed by atoms with E-state index in [1.807, 2.05) is 40.2 Å². The van der Waals surface area contributed by atoms with E-state index in [0.717, 1.165) is 22.4 Å². The van der Waals surface area contributed by atoms with E-state index in [0.29, 0.717) is 35.4 Å². The summed E-state index contributed by atoms with van der Waals surface area (Å²) in [5.74, 6) is 0.688. The molecule has 3 heterocycles. The first-order chi connectivity index (χ1) is 15.1. The predicted octanol–water partition coefficient (Wildman–Crippen LogP) is 4.90. The molecule has 156 valence electrons. The molecule has 0 saturated carbocycles. The molecule has 0 spiro atoms. The van der Waals surface area contributed by atoms with Crippen molar-refractivity contribution in [1.29, 1.82) is 0 Å². The van der Waals surface area contributed by atoms with Gasteiger partial charge >= 0.3 is 5.97 Å². The molecule has 5 aromatic rings. The molecule has 2 aromatic carbocycles. The van der Waals surface area contributed by atoms with Crippen molar-refractivity contribution in [3.05, 3.63) is 71.9 Å². The first-order valence-electron chi connectivity index (χ1n) is 10.3. The number of hydrogen-bond acceptors (Lipinski definition) is 4. The van der Waals surface area contributed by atoms with Gasteiger partial charge in [0.25, 0.3) is 0 Å². The summed E-state index contributed by atoms with van der Waals surface area (Å²) >= 11 is 0. The quantitative estimate of drug-likeness (QED) is 0.382. The zero-order valence-corrected chi connectivity index (χ0v) is 17.3. The largest absolute Gasteiger partial charge is 0.424 e. The van der Waals surface area contributed by atoms with E-state index in [-0.39, 0.29) is 18.2 Å². The average Bonchev–Trinajstić information content (AvgIpc) is 3.33. The molecule has 3 aromatic heterocycles. The summed E-state index contributed by atoms with van der Waals surface area (Å²) in [6.07, 6.45) is 2.75. The Morgan fingerprint density at radius 3 is 2.55 bits per heavy atom. The van der Waals surface area contributed by atoms with E-state index in [4.69, 9.17) is 14.7 Å². The number of esters is 1. The van der Waals surface area contributed by atoms with Crippen LogP contribution in [0.3, 0.4) is 0 Å². The normalized spacial score (nSPS) is 11.6. The molecule has 0 amide bonds. The van der Waals surface area contributed by atoms with Crippen molar-refractivity contribution in [2.24, 2.45) is 0 Å². The van der Waals surface area contributed by atoms with Crippen LogP contribution in [-0.2, 0) is 17.8 Å². The third-order valence-electron chi connectivity index (χ3n) is 5.39. The monoisotopic (exact) mass is 416 g/mol. The average molecular weight is 416 g/mol. The fraction of sp³-hybridized carbons (Fsp3) is 0.208. The van der Waals surface area contributed by atoms with Crippen LogP contribution in [-0.4, -0.2) is 24.9 Å². The Bertz CT molecular complexity index is 1430. The molecule has 0 radical (unpaired) electrons. The van der Waals surface area contributed by atoms with E-state index in [1.54, 1.807) is 25.3 Å². The Balaban J connectivity index is 1.81.